The Labute approximate surface area is 189 Å². The van der Waals surface area contributed by atoms with E-state index in [1.54, 1.807) is 0 Å². The Balaban J connectivity index is 1.50. The zero-order valence-corrected chi connectivity index (χ0v) is 18.7. The van der Waals surface area contributed by atoms with Crippen molar-refractivity contribution in [1.29, 1.82) is 0 Å². The topological polar surface area (TPSA) is 152 Å². The van der Waals surface area contributed by atoms with Gasteiger partial charge in [-0.1, -0.05) is 6.07 Å². The third-order valence-electron chi connectivity index (χ3n) is 4.90. The van der Waals surface area contributed by atoms with Crippen LogP contribution in [0.4, 0.5) is 0 Å². The van der Waals surface area contributed by atoms with Crippen molar-refractivity contribution in [2.24, 2.45) is 0 Å². The van der Waals surface area contributed by atoms with Gasteiger partial charge in [0.15, 0.2) is 0 Å². The molecule has 1 aliphatic heterocycles. The molecular formula is C20H19N3O8S2. The molecule has 0 bridgehead atoms. The first-order chi connectivity index (χ1) is 15.7. The molecule has 1 aliphatic rings. The Morgan fingerprint density at radius 3 is 2.42 bits per heavy atom. The van der Waals surface area contributed by atoms with Gasteiger partial charge >= 0.3 is 5.63 Å². The van der Waals surface area contributed by atoms with Crippen molar-refractivity contribution in [3.8, 4) is 0 Å². The van der Waals surface area contributed by atoms with Gasteiger partial charge in [-0.15, -0.1) is 4.83 Å². The molecule has 0 aliphatic carbocycles. The van der Waals surface area contributed by atoms with Crippen molar-refractivity contribution in [1.82, 2.24) is 14.6 Å². The van der Waals surface area contributed by atoms with Crippen LogP contribution in [0, 0.1) is 0 Å². The molecular weight excluding hydrogens is 474 g/mol. The van der Waals surface area contributed by atoms with E-state index in [2.05, 4.69) is 5.43 Å². The first kappa shape index (κ1) is 23.1. The van der Waals surface area contributed by atoms with Gasteiger partial charge in [0.05, 0.1) is 23.0 Å². The summed E-state index contributed by atoms with van der Waals surface area (Å²) in [4.78, 5) is 25.5. The zero-order valence-electron chi connectivity index (χ0n) is 17.1. The molecule has 3 aromatic rings. The predicted molar refractivity (Wildman–Crippen MR) is 116 cm³/mol. The minimum atomic E-state index is -4.16. The third-order valence-corrected chi connectivity index (χ3v) is 8.04. The van der Waals surface area contributed by atoms with Gasteiger partial charge in [0.25, 0.3) is 15.9 Å². The molecule has 1 fully saturated rings. The summed E-state index contributed by atoms with van der Waals surface area (Å²) < 4.78 is 62.1. The van der Waals surface area contributed by atoms with Crippen molar-refractivity contribution in [3.63, 3.8) is 0 Å². The number of amides is 1. The maximum Gasteiger partial charge on any atom is 0.336 e. The number of hydrazine groups is 1. The van der Waals surface area contributed by atoms with Gasteiger partial charge in [-0.2, -0.15) is 4.31 Å². The highest BCUT2D eigenvalue weighted by atomic mass is 32.2. The number of carbonyl (C=O) groups is 1. The average molecular weight is 494 g/mol. The molecule has 2 heterocycles. The van der Waals surface area contributed by atoms with Crippen molar-refractivity contribution in [3.05, 3.63) is 70.6 Å². The molecule has 11 nitrogen and oxygen atoms in total. The largest absolute Gasteiger partial charge is 0.423 e. The molecule has 0 spiro atoms. The lowest BCUT2D eigenvalue weighted by atomic mass is 10.2. The maximum atomic E-state index is 12.8. The lowest BCUT2D eigenvalue weighted by molar-refractivity contribution is 0.0730. The second kappa shape index (κ2) is 9.03. The minimum Gasteiger partial charge on any atom is -0.423 e. The summed E-state index contributed by atoms with van der Waals surface area (Å²) in [6.45, 7) is 0.964. The van der Waals surface area contributed by atoms with Gasteiger partial charge in [0, 0.05) is 30.1 Å². The Bertz CT molecular complexity index is 1480. The number of rotatable bonds is 6. The molecule has 0 saturated carbocycles. The molecule has 0 radical (unpaired) electrons. The number of nitrogens with one attached hydrogen (secondary N) is 2. The SMILES string of the molecule is O=C(NNS(=O)(=O)c1ccc2oc(=O)ccc2c1)c1cccc(S(=O)(=O)N2CCOCC2)c1. The fourth-order valence-corrected chi connectivity index (χ4v) is 5.52. The fraction of sp³-hybridized carbons (Fsp3) is 0.200. The normalized spacial score (nSPS) is 15.4. The molecule has 1 aromatic heterocycles. The van der Waals surface area contributed by atoms with Crippen LogP contribution in [0.1, 0.15) is 10.4 Å². The Kier molecular flexibility index (Phi) is 6.32. The number of morpholine rings is 1. The molecule has 33 heavy (non-hydrogen) atoms. The highest BCUT2D eigenvalue weighted by Crippen LogP contribution is 2.19. The molecule has 0 atom stereocenters. The molecule has 0 unspecified atom stereocenters. The van der Waals surface area contributed by atoms with E-state index < -0.39 is 31.6 Å². The summed E-state index contributed by atoms with van der Waals surface area (Å²) in [6, 6.07) is 11.7. The number of nitrogens with zero attached hydrogens (tertiary/aromatic N) is 1. The zero-order chi connectivity index (χ0) is 23.6. The van der Waals surface area contributed by atoms with Crippen LogP contribution in [-0.2, 0) is 24.8 Å². The summed E-state index contributed by atoms with van der Waals surface area (Å²) >= 11 is 0. The van der Waals surface area contributed by atoms with E-state index in [0.717, 1.165) is 6.07 Å². The summed E-state index contributed by atoms with van der Waals surface area (Å²) in [6.07, 6.45) is 0. The molecule has 1 saturated heterocycles. The van der Waals surface area contributed by atoms with Gasteiger partial charge in [0.2, 0.25) is 10.0 Å². The number of fused-ring (bicyclic) bond motifs is 1. The van der Waals surface area contributed by atoms with E-state index in [9.17, 15) is 26.4 Å². The van der Waals surface area contributed by atoms with Crippen molar-refractivity contribution in [2.75, 3.05) is 26.3 Å². The standard InChI is InChI=1S/C20H19N3O8S2/c24-19-7-4-14-12-16(5-6-18(14)31-19)32(26,27)22-21-20(25)15-2-1-3-17(13-15)33(28,29)23-8-10-30-11-9-23/h1-7,12-13,22H,8-11H2,(H,21,25). The summed E-state index contributed by atoms with van der Waals surface area (Å²) in [7, 11) is -7.99. The van der Waals surface area contributed by atoms with E-state index in [4.69, 9.17) is 9.15 Å². The molecule has 2 aromatic carbocycles. The summed E-state index contributed by atoms with van der Waals surface area (Å²) in [5, 5.41) is 0.379. The van der Waals surface area contributed by atoms with E-state index in [-0.39, 0.29) is 47.2 Å². The van der Waals surface area contributed by atoms with Crippen LogP contribution in [0.5, 0.6) is 0 Å². The number of carbonyl (C=O) groups excluding carboxylic acids is 1. The smallest absolute Gasteiger partial charge is 0.336 e. The number of sulfonamides is 2. The molecule has 2 N–H and O–H groups in total. The van der Waals surface area contributed by atoms with Gasteiger partial charge in [0.1, 0.15) is 5.58 Å². The van der Waals surface area contributed by atoms with Gasteiger partial charge in [-0.3, -0.25) is 10.2 Å². The van der Waals surface area contributed by atoms with E-state index in [1.165, 1.54) is 52.8 Å². The Morgan fingerprint density at radius 1 is 0.909 bits per heavy atom. The van der Waals surface area contributed by atoms with Crippen molar-refractivity contribution < 1.29 is 30.8 Å². The highest BCUT2D eigenvalue weighted by Gasteiger charge is 2.27. The number of benzene rings is 2. The highest BCUT2D eigenvalue weighted by molar-refractivity contribution is 7.89. The second-order valence-electron chi connectivity index (χ2n) is 7.06. The quantitative estimate of drug-likeness (QED) is 0.371. The van der Waals surface area contributed by atoms with Crippen LogP contribution >= 0.6 is 0 Å². The number of ether oxygens (including phenoxy) is 1. The van der Waals surface area contributed by atoms with Crippen LogP contribution in [0.2, 0.25) is 0 Å². The lowest BCUT2D eigenvalue weighted by Crippen LogP contribution is -2.42. The average Bonchev–Trinajstić information content (AvgIpc) is 2.82. The van der Waals surface area contributed by atoms with Crippen LogP contribution in [-0.4, -0.2) is 53.4 Å². The van der Waals surface area contributed by atoms with Crippen molar-refractivity contribution in [2.45, 2.75) is 9.79 Å². The van der Waals surface area contributed by atoms with E-state index >= 15 is 0 Å². The van der Waals surface area contributed by atoms with E-state index in [1.807, 2.05) is 4.83 Å². The number of hydrogen-bond acceptors (Lipinski definition) is 8. The third kappa shape index (κ3) is 4.96. The monoisotopic (exact) mass is 493 g/mol. The minimum absolute atomic E-state index is 0.0488. The number of hydrogen-bond donors (Lipinski definition) is 2. The fourth-order valence-electron chi connectivity index (χ4n) is 3.20. The summed E-state index contributed by atoms with van der Waals surface area (Å²) in [5.41, 5.74) is 1.67. The second-order valence-corrected chi connectivity index (χ2v) is 10.7. The van der Waals surface area contributed by atoms with Crippen LogP contribution in [0.3, 0.4) is 0 Å². The molecule has 174 valence electrons. The first-order valence-electron chi connectivity index (χ1n) is 9.71. The summed E-state index contributed by atoms with van der Waals surface area (Å²) in [5.74, 6) is -0.843. The van der Waals surface area contributed by atoms with Gasteiger partial charge in [-0.25, -0.2) is 21.6 Å². The first-order valence-corrected chi connectivity index (χ1v) is 12.6. The van der Waals surface area contributed by atoms with Crippen LogP contribution < -0.4 is 15.9 Å². The maximum absolute atomic E-state index is 12.8. The van der Waals surface area contributed by atoms with Crippen molar-refractivity contribution >= 4 is 36.9 Å². The van der Waals surface area contributed by atoms with Crippen LogP contribution in [0.15, 0.2) is 73.6 Å². The van der Waals surface area contributed by atoms with Gasteiger partial charge < -0.3 is 9.15 Å². The lowest BCUT2D eigenvalue weighted by Gasteiger charge is -2.26. The van der Waals surface area contributed by atoms with E-state index in [0.29, 0.717) is 5.39 Å². The Morgan fingerprint density at radius 2 is 1.67 bits per heavy atom. The molecule has 1 amide bonds. The molecule has 13 heteroatoms. The Hall–Kier alpha value is -3.10. The molecule has 4 rings (SSSR count). The van der Waals surface area contributed by atoms with Crippen LogP contribution in [0.25, 0.3) is 11.0 Å². The predicted octanol–water partition coefficient (Wildman–Crippen LogP) is 0.437. The van der Waals surface area contributed by atoms with Gasteiger partial charge in [-0.05, 0) is 42.5 Å².